The summed E-state index contributed by atoms with van der Waals surface area (Å²) in [4.78, 5) is 0. The van der Waals surface area contributed by atoms with Gasteiger partial charge in [-0.15, -0.1) is 0 Å². The van der Waals surface area contributed by atoms with Gasteiger partial charge in [0.2, 0.25) is 0 Å². The molecule has 3 N–H and O–H groups in total. The molecule has 0 saturated heterocycles. The molecule has 1 saturated carbocycles. The summed E-state index contributed by atoms with van der Waals surface area (Å²) in [5.41, 5.74) is 8.37. The van der Waals surface area contributed by atoms with Gasteiger partial charge in [0.05, 0.1) is 5.60 Å². The molecule has 0 spiro atoms. The van der Waals surface area contributed by atoms with Crippen LogP contribution in [0.3, 0.4) is 0 Å². The highest BCUT2D eigenvalue weighted by atomic mass is 16.3. The Labute approximate surface area is 116 Å². The standard InChI is InChI=1S/C17H25NO/c18-13-16(17(19)9-4-1-5-10-17)11-8-14-6-2-3-7-15(14)12-16/h2-3,6-7,19H,1,4-5,8-13,18H2. The van der Waals surface area contributed by atoms with Crippen LogP contribution in [-0.4, -0.2) is 17.3 Å². The smallest absolute Gasteiger partial charge is 0.0719 e. The number of fused-ring (bicyclic) bond motifs is 1. The Bertz CT molecular complexity index is 450. The van der Waals surface area contributed by atoms with Gasteiger partial charge in [-0.3, -0.25) is 0 Å². The maximum Gasteiger partial charge on any atom is 0.0719 e. The van der Waals surface area contributed by atoms with Gasteiger partial charge in [0.25, 0.3) is 0 Å². The number of rotatable bonds is 2. The number of aliphatic hydroxyl groups is 1. The molecule has 0 radical (unpaired) electrons. The molecule has 0 bridgehead atoms. The van der Waals surface area contributed by atoms with Crippen molar-refractivity contribution in [2.45, 2.75) is 57.0 Å². The number of benzene rings is 1. The van der Waals surface area contributed by atoms with Crippen molar-refractivity contribution < 1.29 is 5.11 Å². The van der Waals surface area contributed by atoms with Crippen LogP contribution in [0.2, 0.25) is 0 Å². The first-order chi connectivity index (χ1) is 9.19. The van der Waals surface area contributed by atoms with Crippen LogP contribution in [0.5, 0.6) is 0 Å². The molecule has 1 aromatic rings. The Hall–Kier alpha value is -0.860. The fraction of sp³-hybridized carbons (Fsp3) is 0.647. The molecule has 3 rings (SSSR count). The zero-order valence-corrected chi connectivity index (χ0v) is 11.7. The molecule has 1 aromatic carbocycles. The van der Waals surface area contributed by atoms with Gasteiger partial charge in [0, 0.05) is 12.0 Å². The summed E-state index contributed by atoms with van der Waals surface area (Å²) in [5.74, 6) is 0. The predicted octanol–water partition coefficient (Wildman–Crippen LogP) is 2.82. The third kappa shape index (κ3) is 2.11. The van der Waals surface area contributed by atoms with Crippen LogP contribution < -0.4 is 5.73 Å². The molecule has 0 heterocycles. The second-order valence-electron chi connectivity index (χ2n) is 6.52. The van der Waals surface area contributed by atoms with E-state index in [2.05, 4.69) is 24.3 Å². The number of hydrogen-bond acceptors (Lipinski definition) is 2. The molecule has 1 fully saturated rings. The van der Waals surface area contributed by atoms with Crippen molar-refractivity contribution in [1.29, 1.82) is 0 Å². The first kappa shape index (κ1) is 13.1. The Balaban J connectivity index is 1.93. The summed E-state index contributed by atoms with van der Waals surface area (Å²) >= 11 is 0. The lowest BCUT2D eigenvalue weighted by atomic mass is 9.58. The monoisotopic (exact) mass is 259 g/mol. The van der Waals surface area contributed by atoms with Crippen LogP contribution in [0.1, 0.15) is 49.7 Å². The third-order valence-electron chi connectivity index (χ3n) is 5.58. The van der Waals surface area contributed by atoms with Gasteiger partial charge in [-0.1, -0.05) is 43.5 Å². The van der Waals surface area contributed by atoms with E-state index >= 15 is 0 Å². The van der Waals surface area contributed by atoms with E-state index in [0.717, 1.165) is 44.9 Å². The lowest BCUT2D eigenvalue weighted by molar-refractivity contribution is -0.112. The van der Waals surface area contributed by atoms with Crippen molar-refractivity contribution in [2.75, 3.05) is 6.54 Å². The van der Waals surface area contributed by atoms with E-state index in [1.807, 2.05) is 0 Å². The van der Waals surface area contributed by atoms with Crippen LogP contribution in [0, 0.1) is 5.41 Å². The van der Waals surface area contributed by atoms with E-state index in [9.17, 15) is 5.11 Å². The van der Waals surface area contributed by atoms with Gasteiger partial charge in [0.1, 0.15) is 0 Å². The van der Waals surface area contributed by atoms with Crippen molar-refractivity contribution in [2.24, 2.45) is 11.1 Å². The van der Waals surface area contributed by atoms with Gasteiger partial charge in [-0.25, -0.2) is 0 Å². The highest BCUT2D eigenvalue weighted by molar-refractivity contribution is 5.32. The van der Waals surface area contributed by atoms with Crippen LogP contribution >= 0.6 is 0 Å². The average Bonchev–Trinajstić information content (AvgIpc) is 2.47. The highest BCUT2D eigenvalue weighted by Crippen LogP contribution is 2.49. The fourth-order valence-corrected chi connectivity index (χ4v) is 4.23. The van der Waals surface area contributed by atoms with Gasteiger partial charge < -0.3 is 10.8 Å². The van der Waals surface area contributed by atoms with Crippen molar-refractivity contribution in [1.82, 2.24) is 0 Å². The number of nitrogens with two attached hydrogens (primary N) is 1. The second-order valence-corrected chi connectivity index (χ2v) is 6.52. The van der Waals surface area contributed by atoms with E-state index in [1.165, 1.54) is 17.5 Å². The Morgan fingerprint density at radius 1 is 1.00 bits per heavy atom. The zero-order chi connectivity index (χ0) is 13.3. The molecule has 0 aromatic heterocycles. The Kier molecular flexibility index (Phi) is 3.40. The van der Waals surface area contributed by atoms with Gasteiger partial charge in [0.15, 0.2) is 0 Å². The van der Waals surface area contributed by atoms with Crippen LogP contribution in [-0.2, 0) is 12.8 Å². The van der Waals surface area contributed by atoms with Gasteiger partial charge >= 0.3 is 0 Å². The molecule has 0 aliphatic heterocycles. The summed E-state index contributed by atoms with van der Waals surface area (Å²) in [6.07, 6.45) is 8.50. The van der Waals surface area contributed by atoms with E-state index < -0.39 is 5.60 Å². The summed E-state index contributed by atoms with van der Waals surface area (Å²) in [5, 5.41) is 11.2. The molecule has 2 aliphatic carbocycles. The van der Waals surface area contributed by atoms with Crippen molar-refractivity contribution in [3.63, 3.8) is 0 Å². The average molecular weight is 259 g/mol. The molecule has 19 heavy (non-hydrogen) atoms. The van der Waals surface area contributed by atoms with Crippen molar-refractivity contribution in [3.05, 3.63) is 35.4 Å². The second kappa shape index (κ2) is 4.92. The highest BCUT2D eigenvalue weighted by Gasteiger charge is 2.50. The summed E-state index contributed by atoms with van der Waals surface area (Å²) in [7, 11) is 0. The van der Waals surface area contributed by atoms with E-state index in [0.29, 0.717) is 6.54 Å². The van der Waals surface area contributed by atoms with Crippen LogP contribution in [0.4, 0.5) is 0 Å². The minimum atomic E-state index is -0.534. The van der Waals surface area contributed by atoms with Crippen LogP contribution in [0.25, 0.3) is 0 Å². The molecule has 1 atom stereocenters. The minimum Gasteiger partial charge on any atom is -0.389 e. The van der Waals surface area contributed by atoms with E-state index in [4.69, 9.17) is 5.73 Å². The Morgan fingerprint density at radius 3 is 2.37 bits per heavy atom. The number of hydrogen-bond donors (Lipinski definition) is 2. The number of aryl methyl sites for hydroxylation is 1. The normalized spacial score (nSPS) is 29.8. The zero-order valence-electron chi connectivity index (χ0n) is 11.7. The topological polar surface area (TPSA) is 46.2 Å². The largest absolute Gasteiger partial charge is 0.389 e. The summed E-state index contributed by atoms with van der Waals surface area (Å²) in [6.45, 7) is 0.609. The van der Waals surface area contributed by atoms with Crippen molar-refractivity contribution >= 4 is 0 Å². The van der Waals surface area contributed by atoms with Gasteiger partial charge in [-0.05, 0) is 43.2 Å². The maximum atomic E-state index is 11.2. The minimum absolute atomic E-state index is 0.0955. The first-order valence-electron chi connectivity index (χ1n) is 7.68. The van der Waals surface area contributed by atoms with Crippen molar-refractivity contribution in [3.8, 4) is 0 Å². The Morgan fingerprint density at radius 2 is 1.68 bits per heavy atom. The molecular formula is C17H25NO. The lowest BCUT2D eigenvalue weighted by Crippen LogP contribution is -2.56. The molecule has 0 amide bonds. The predicted molar refractivity (Wildman–Crippen MR) is 78.0 cm³/mol. The first-order valence-corrected chi connectivity index (χ1v) is 7.68. The quantitative estimate of drug-likeness (QED) is 0.858. The van der Waals surface area contributed by atoms with Gasteiger partial charge in [-0.2, -0.15) is 0 Å². The van der Waals surface area contributed by atoms with E-state index in [-0.39, 0.29) is 5.41 Å². The SMILES string of the molecule is NCC1(C2(O)CCCCC2)CCc2ccccc2C1. The molecular weight excluding hydrogens is 234 g/mol. The maximum absolute atomic E-state index is 11.2. The fourth-order valence-electron chi connectivity index (χ4n) is 4.23. The molecule has 2 aliphatic rings. The molecule has 2 nitrogen and oxygen atoms in total. The summed E-state index contributed by atoms with van der Waals surface area (Å²) < 4.78 is 0. The molecule has 2 heteroatoms. The molecule has 1 unspecified atom stereocenters. The van der Waals surface area contributed by atoms with E-state index in [1.54, 1.807) is 0 Å². The molecule has 104 valence electrons. The third-order valence-corrected chi connectivity index (χ3v) is 5.58. The van der Waals surface area contributed by atoms with Crippen LogP contribution in [0.15, 0.2) is 24.3 Å². The summed E-state index contributed by atoms with van der Waals surface area (Å²) in [6, 6.07) is 8.66. The lowest BCUT2D eigenvalue weighted by Gasteiger charge is -2.51.